The van der Waals surface area contributed by atoms with Crippen molar-refractivity contribution in [2.45, 2.75) is 143 Å². The molecule has 43 heavy (non-hydrogen) atoms. The van der Waals surface area contributed by atoms with E-state index in [-0.39, 0.29) is 36.4 Å². The summed E-state index contributed by atoms with van der Waals surface area (Å²) in [6, 6.07) is 0. The van der Waals surface area contributed by atoms with Gasteiger partial charge in [0.15, 0.2) is 18.7 Å². The first-order chi connectivity index (χ1) is 19.8. The third-order valence-electron chi connectivity index (χ3n) is 8.87. The number of hydrogen-bond donors (Lipinski definition) is 4. The van der Waals surface area contributed by atoms with Gasteiger partial charge in [-0.15, -0.1) is 0 Å². The molecule has 4 fully saturated rings. The van der Waals surface area contributed by atoms with Gasteiger partial charge in [-0.05, 0) is 38.5 Å². The number of hydrogen-bond acceptors (Lipinski definition) is 14. The summed E-state index contributed by atoms with van der Waals surface area (Å²) in [5.41, 5.74) is 0. The molecular formula is C29H52O14. The van der Waals surface area contributed by atoms with Crippen molar-refractivity contribution >= 4 is 11.9 Å². The molecule has 4 aliphatic heterocycles. The fourth-order valence-corrected chi connectivity index (χ4v) is 5.26. The van der Waals surface area contributed by atoms with Crippen molar-refractivity contribution in [1.29, 1.82) is 0 Å². The molecule has 0 aromatic rings. The summed E-state index contributed by atoms with van der Waals surface area (Å²) in [6.07, 6.45) is -7.50. The third kappa shape index (κ3) is 9.52. The van der Waals surface area contributed by atoms with Gasteiger partial charge in [-0.2, -0.15) is 0 Å². The predicted octanol–water partition coefficient (Wildman–Crippen LogP) is 1.04. The number of fused-ring (bicyclic) bond motifs is 1. The first kappa shape index (κ1) is 37.7. The minimum Gasteiger partial charge on any atom is -0.456 e. The number of carbonyl (C=O) groups is 2. The van der Waals surface area contributed by atoms with E-state index >= 15 is 0 Å². The lowest BCUT2D eigenvalue weighted by Crippen LogP contribution is -2.56. The molecule has 0 saturated carbocycles. The molecular weight excluding hydrogens is 572 g/mol. The second-order valence-electron chi connectivity index (χ2n) is 12.0. The summed E-state index contributed by atoms with van der Waals surface area (Å²) in [4.78, 5) is 22.1. The van der Waals surface area contributed by atoms with E-state index in [0.717, 1.165) is 0 Å². The highest BCUT2D eigenvalue weighted by Crippen LogP contribution is 2.41. The van der Waals surface area contributed by atoms with E-state index in [9.17, 15) is 9.59 Å². The maximum Gasteiger partial charge on any atom is 0.305 e. The molecule has 14 nitrogen and oxygen atoms in total. The van der Waals surface area contributed by atoms with Crippen molar-refractivity contribution in [2.75, 3.05) is 7.11 Å². The van der Waals surface area contributed by atoms with Crippen LogP contribution in [0, 0.1) is 23.7 Å². The molecule has 4 rings (SSSR count). The Morgan fingerprint density at radius 1 is 0.651 bits per heavy atom. The monoisotopic (exact) mass is 624 g/mol. The van der Waals surface area contributed by atoms with Gasteiger partial charge in [0.05, 0.1) is 18.3 Å². The maximum atomic E-state index is 11.1. The van der Waals surface area contributed by atoms with Crippen LogP contribution >= 0.6 is 0 Å². The van der Waals surface area contributed by atoms with E-state index in [1.807, 2.05) is 20.8 Å². The molecule has 4 heterocycles. The number of carbonyl (C=O) groups excluding carboxylic acids is 2. The first-order valence-corrected chi connectivity index (χ1v) is 14.8. The van der Waals surface area contributed by atoms with E-state index < -0.39 is 61.0 Å². The van der Waals surface area contributed by atoms with Crippen LogP contribution in [0.1, 0.15) is 69.2 Å². The lowest BCUT2D eigenvalue weighted by molar-refractivity contribution is -0.333. The SMILES string of the molecule is CC(=O)OC1[C@H](OC(C)=O)OC(C)[C@H](C)[C@@H]1C.CC1OC(O)C(O)[C@@H](O)[C@H]1O.COC1(C)OC2[C@H](OC(C)[C@H](C)[C@@H]2C)O1. The molecule has 4 saturated heterocycles. The lowest BCUT2D eigenvalue weighted by Gasteiger charge is -2.42. The minimum atomic E-state index is -1.43. The number of aliphatic hydroxyl groups is 4. The predicted molar refractivity (Wildman–Crippen MR) is 149 cm³/mol. The van der Waals surface area contributed by atoms with Crippen LogP contribution in [-0.2, 0) is 47.5 Å². The smallest absolute Gasteiger partial charge is 0.305 e. The normalized spacial score (nSPS) is 47.6. The largest absolute Gasteiger partial charge is 0.456 e. The average Bonchev–Trinajstić information content (AvgIpc) is 3.27. The molecule has 0 radical (unpaired) electrons. The van der Waals surface area contributed by atoms with Gasteiger partial charge in [-0.1, -0.05) is 27.7 Å². The Morgan fingerprint density at radius 3 is 1.72 bits per heavy atom. The Hall–Kier alpha value is -1.46. The van der Waals surface area contributed by atoms with Crippen LogP contribution < -0.4 is 0 Å². The van der Waals surface area contributed by atoms with E-state index in [1.165, 1.54) is 20.8 Å². The number of ether oxygens (including phenoxy) is 8. The van der Waals surface area contributed by atoms with Crippen LogP contribution in [0.3, 0.4) is 0 Å². The van der Waals surface area contributed by atoms with Gasteiger partial charge in [-0.25, -0.2) is 0 Å². The molecule has 16 atom stereocenters. The fourth-order valence-electron chi connectivity index (χ4n) is 5.26. The highest BCUT2D eigenvalue weighted by Gasteiger charge is 2.53. The summed E-state index contributed by atoms with van der Waals surface area (Å²) in [5, 5.41) is 36.0. The van der Waals surface area contributed by atoms with Crippen molar-refractivity contribution < 1.29 is 67.9 Å². The van der Waals surface area contributed by atoms with E-state index in [1.54, 1.807) is 14.0 Å². The van der Waals surface area contributed by atoms with Crippen LogP contribution in [0.25, 0.3) is 0 Å². The maximum absolute atomic E-state index is 11.1. The van der Waals surface area contributed by atoms with Crippen LogP contribution in [0.15, 0.2) is 0 Å². The van der Waals surface area contributed by atoms with Gasteiger partial charge in [0, 0.05) is 33.8 Å². The van der Waals surface area contributed by atoms with Crippen molar-refractivity contribution in [2.24, 2.45) is 23.7 Å². The second-order valence-corrected chi connectivity index (χ2v) is 12.0. The second kappa shape index (κ2) is 15.7. The number of aliphatic hydroxyl groups excluding tert-OH is 4. The van der Waals surface area contributed by atoms with Crippen molar-refractivity contribution in [3.05, 3.63) is 0 Å². The van der Waals surface area contributed by atoms with Crippen molar-refractivity contribution in [3.63, 3.8) is 0 Å². The van der Waals surface area contributed by atoms with Crippen molar-refractivity contribution in [3.8, 4) is 0 Å². The Kier molecular flexibility index (Phi) is 13.8. The van der Waals surface area contributed by atoms with Gasteiger partial charge in [0.2, 0.25) is 6.29 Å². The summed E-state index contributed by atoms with van der Waals surface area (Å²) < 4.78 is 42.8. The van der Waals surface area contributed by atoms with Crippen LogP contribution in [0.4, 0.5) is 0 Å². The van der Waals surface area contributed by atoms with E-state index in [4.69, 9.17) is 53.6 Å². The number of methoxy groups -OCH3 is 1. The summed E-state index contributed by atoms with van der Waals surface area (Å²) in [6.45, 7) is 18.2. The zero-order chi connectivity index (χ0) is 33.0. The summed E-state index contributed by atoms with van der Waals surface area (Å²) >= 11 is 0. The van der Waals surface area contributed by atoms with Gasteiger partial charge in [0.25, 0.3) is 5.97 Å². The van der Waals surface area contributed by atoms with Crippen LogP contribution in [0.2, 0.25) is 0 Å². The first-order valence-electron chi connectivity index (χ1n) is 14.8. The zero-order valence-electron chi connectivity index (χ0n) is 27.0. The third-order valence-corrected chi connectivity index (χ3v) is 8.87. The Morgan fingerprint density at radius 2 is 1.19 bits per heavy atom. The van der Waals surface area contributed by atoms with Crippen LogP contribution in [0.5, 0.6) is 0 Å². The molecule has 252 valence electrons. The Balaban J connectivity index is 0.000000230. The molecule has 0 aromatic carbocycles. The van der Waals surface area contributed by atoms with Gasteiger partial charge in [-0.3, -0.25) is 14.3 Å². The molecule has 0 aliphatic carbocycles. The molecule has 4 N–H and O–H groups in total. The molecule has 0 amide bonds. The highest BCUT2D eigenvalue weighted by atomic mass is 16.9. The molecule has 0 spiro atoms. The molecule has 14 heteroatoms. The van der Waals surface area contributed by atoms with E-state index in [2.05, 4.69) is 25.5 Å². The number of rotatable bonds is 3. The Labute approximate surface area is 253 Å². The van der Waals surface area contributed by atoms with Crippen LogP contribution in [-0.4, -0.2) is 113 Å². The molecule has 4 aliphatic rings. The Bertz CT molecular complexity index is 890. The summed E-state index contributed by atoms with van der Waals surface area (Å²) in [7, 11) is 1.58. The van der Waals surface area contributed by atoms with Gasteiger partial charge >= 0.3 is 11.9 Å². The van der Waals surface area contributed by atoms with Gasteiger partial charge in [0.1, 0.15) is 24.4 Å². The standard InChI is InChI=1S/C12H20O5.C11H20O4.C6H12O5/c1-6-7(2)11(16-9(4)13)12(15-8(6)3)17-10(5)14;1-6-7(2)9-10(13-8(6)3)15-11(4,12-5)14-9;1-2-3(7)4(8)5(9)6(10)11-2/h6-8,11-12H,1-5H3;6-10H,1-5H3;2-10H,1H3/t6-,7+,8?,11?,12+;6-,7+,8?,9?,10-,11?;2?,3-,4-,5?,6?/m110/s1. The quantitative estimate of drug-likeness (QED) is 0.326. The fraction of sp³-hybridized carbons (Fsp3) is 0.931. The molecule has 8 unspecified atom stereocenters. The number of esters is 2. The minimum absolute atomic E-state index is 0.0267. The average molecular weight is 625 g/mol. The topological polar surface area (TPSA) is 189 Å². The summed E-state index contributed by atoms with van der Waals surface area (Å²) in [5.74, 6) is -0.610. The molecule has 0 aromatic heterocycles. The lowest BCUT2D eigenvalue weighted by atomic mass is 9.84. The van der Waals surface area contributed by atoms with E-state index in [0.29, 0.717) is 11.8 Å². The van der Waals surface area contributed by atoms with Gasteiger partial charge < -0.3 is 53.6 Å². The van der Waals surface area contributed by atoms with Crippen molar-refractivity contribution in [1.82, 2.24) is 0 Å². The zero-order valence-corrected chi connectivity index (χ0v) is 27.0. The highest BCUT2D eigenvalue weighted by molar-refractivity contribution is 5.67. The molecule has 0 bridgehead atoms.